The first-order chi connectivity index (χ1) is 12.0. The van der Waals surface area contributed by atoms with E-state index in [9.17, 15) is 22.0 Å². The Labute approximate surface area is 153 Å². The van der Waals surface area contributed by atoms with Crippen molar-refractivity contribution in [3.63, 3.8) is 0 Å². The van der Waals surface area contributed by atoms with Gasteiger partial charge < -0.3 is 11.1 Å². The molecule has 1 aromatic carbocycles. The predicted octanol–water partition coefficient (Wildman–Crippen LogP) is 2.89. The van der Waals surface area contributed by atoms with Crippen LogP contribution in [0.15, 0.2) is 17.0 Å². The Hall–Kier alpha value is -1.58. The third-order valence-corrected chi connectivity index (χ3v) is 5.16. The zero-order chi connectivity index (χ0) is 20.0. The van der Waals surface area contributed by atoms with E-state index in [-0.39, 0.29) is 12.1 Å². The van der Waals surface area contributed by atoms with E-state index in [1.54, 1.807) is 20.8 Å². The second-order valence-electron chi connectivity index (χ2n) is 7.12. The van der Waals surface area contributed by atoms with E-state index >= 15 is 0 Å². The van der Waals surface area contributed by atoms with Crippen molar-refractivity contribution in [1.29, 1.82) is 0 Å². The van der Waals surface area contributed by atoms with Gasteiger partial charge in [-0.05, 0) is 46.2 Å². The molecule has 0 bridgehead atoms. The number of nitrogens with two attached hydrogens (primary N) is 1. The highest BCUT2D eigenvalue weighted by atomic mass is 32.2. The Kier molecular flexibility index (Phi) is 8.11. The molecular formula is C17H27F2N3O3S. The Morgan fingerprint density at radius 2 is 1.69 bits per heavy atom. The number of rotatable bonds is 9. The summed E-state index contributed by atoms with van der Waals surface area (Å²) in [6.07, 6.45) is 3.34. The second-order valence-corrected chi connectivity index (χ2v) is 8.77. The van der Waals surface area contributed by atoms with Gasteiger partial charge in [0.2, 0.25) is 15.9 Å². The van der Waals surface area contributed by atoms with Gasteiger partial charge in [0.25, 0.3) is 0 Å². The summed E-state index contributed by atoms with van der Waals surface area (Å²) in [7, 11) is -4.21. The maximum absolute atomic E-state index is 14.0. The molecule has 9 heteroatoms. The molecule has 26 heavy (non-hydrogen) atoms. The fraction of sp³-hybridized carbons (Fsp3) is 0.588. The molecule has 0 saturated heterocycles. The van der Waals surface area contributed by atoms with E-state index < -0.39 is 38.0 Å². The quantitative estimate of drug-likeness (QED) is 0.563. The number of nitrogens with one attached hydrogen (secondary N) is 2. The van der Waals surface area contributed by atoms with Gasteiger partial charge in [-0.2, -0.15) is 0 Å². The molecule has 0 aliphatic heterocycles. The standard InChI is InChI=1S/C17H27F2N3O3S/c1-17(2,3)22-26(24,25)15-11-14(12(18)10-13(15)19)21-16(23)8-6-4-5-7-9-20/h10-11,22H,4-9,20H2,1-3H3,(H,21,23). The summed E-state index contributed by atoms with van der Waals surface area (Å²) in [5, 5.41) is 2.31. The van der Waals surface area contributed by atoms with Gasteiger partial charge >= 0.3 is 0 Å². The van der Waals surface area contributed by atoms with Gasteiger partial charge in [-0.15, -0.1) is 0 Å². The lowest BCUT2D eigenvalue weighted by Crippen LogP contribution is -2.40. The van der Waals surface area contributed by atoms with E-state index in [0.717, 1.165) is 25.3 Å². The average molecular weight is 391 g/mol. The van der Waals surface area contributed by atoms with Gasteiger partial charge in [0, 0.05) is 18.0 Å². The first-order valence-corrected chi connectivity index (χ1v) is 9.97. The van der Waals surface area contributed by atoms with Gasteiger partial charge in [-0.3, -0.25) is 4.79 Å². The lowest BCUT2D eigenvalue weighted by atomic mass is 10.1. The summed E-state index contributed by atoms with van der Waals surface area (Å²) in [6.45, 7) is 5.38. The fourth-order valence-corrected chi connectivity index (χ4v) is 3.79. The van der Waals surface area contributed by atoms with Crippen molar-refractivity contribution in [1.82, 2.24) is 4.72 Å². The third-order valence-electron chi connectivity index (χ3n) is 3.38. The van der Waals surface area contributed by atoms with Crippen molar-refractivity contribution in [3.05, 3.63) is 23.8 Å². The Bertz CT molecular complexity index is 732. The molecule has 1 aromatic rings. The molecule has 6 nitrogen and oxygen atoms in total. The van der Waals surface area contributed by atoms with Crippen LogP contribution in [0.4, 0.5) is 14.5 Å². The van der Waals surface area contributed by atoms with Crippen molar-refractivity contribution in [2.75, 3.05) is 11.9 Å². The summed E-state index contributed by atoms with van der Waals surface area (Å²) in [5.74, 6) is -2.72. The Morgan fingerprint density at radius 1 is 1.08 bits per heavy atom. The number of carbonyl (C=O) groups excluding carboxylic acids is 1. The second kappa shape index (κ2) is 9.38. The summed E-state index contributed by atoms with van der Waals surface area (Å²) in [4.78, 5) is 11.2. The maximum atomic E-state index is 14.0. The number of hydrogen-bond acceptors (Lipinski definition) is 4. The molecule has 0 fully saturated rings. The van der Waals surface area contributed by atoms with E-state index in [4.69, 9.17) is 5.73 Å². The number of benzene rings is 1. The van der Waals surface area contributed by atoms with Gasteiger partial charge in [0.15, 0.2) is 0 Å². The number of anilines is 1. The first-order valence-electron chi connectivity index (χ1n) is 8.49. The number of sulfonamides is 1. The van der Waals surface area contributed by atoms with Crippen molar-refractivity contribution in [2.45, 2.75) is 63.3 Å². The molecule has 148 valence electrons. The molecule has 0 aromatic heterocycles. The Morgan fingerprint density at radius 3 is 2.27 bits per heavy atom. The van der Waals surface area contributed by atoms with Crippen molar-refractivity contribution in [3.8, 4) is 0 Å². The average Bonchev–Trinajstić information content (AvgIpc) is 2.47. The van der Waals surface area contributed by atoms with Crippen LogP contribution in [0.5, 0.6) is 0 Å². The van der Waals surface area contributed by atoms with Crippen LogP contribution in [0.2, 0.25) is 0 Å². The summed E-state index contributed by atoms with van der Waals surface area (Å²) in [5.41, 5.74) is 4.17. The highest BCUT2D eigenvalue weighted by Gasteiger charge is 2.26. The zero-order valence-corrected chi connectivity index (χ0v) is 16.2. The van der Waals surface area contributed by atoms with Crippen LogP contribution in [0.3, 0.4) is 0 Å². The van der Waals surface area contributed by atoms with Crippen LogP contribution in [0, 0.1) is 11.6 Å². The number of halogens is 2. The normalized spacial score (nSPS) is 12.2. The van der Waals surface area contributed by atoms with E-state index in [1.807, 2.05) is 0 Å². The van der Waals surface area contributed by atoms with Gasteiger partial charge in [0.1, 0.15) is 16.5 Å². The molecule has 0 aliphatic carbocycles. The highest BCUT2D eigenvalue weighted by Crippen LogP contribution is 2.24. The number of amides is 1. The molecule has 0 atom stereocenters. The summed E-state index contributed by atoms with van der Waals surface area (Å²) >= 11 is 0. The molecule has 0 aliphatic rings. The number of carbonyl (C=O) groups is 1. The van der Waals surface area contributed by atoms with Gasteiger partial charge in [0.05, 0.1) is 5.69 Å². The number of hydrogen-bond donors (Lipinski definition) is 3. The van der Waals surface area contributed by atoms with Crippen LogP contribution in [0.1, 0.15) is 52.9 Å². The molecular weight excluding hydrogens is 364 g/mol. The van der Waals surface area contributed by atoms with Crippen LogP contribution in [-0.4, -0.2) is 26.4 Å². The maximum Gasteiger partial charge on any atom is 0.244 e. The van der Waals surface area contributed by atoms with Crippen molar-refractivity contribution < 1.29 is 22.0 Å². The van der Waals surface area contributed by atoms with Crippen molar-refractivity contribution in [2.24, 2.45) is 5.73 Å². The van der Waals surface area contributed by atoms with Gasteiger partial charge in [-0.25, -0.2) is 21.9 Å². The van der Waals surface area contributed by atoms with Crippen LogP contribution < -0.4 is 15.8 Å². The van der Waals surface area contributed by atoms with Crippen LogP contribution in [-0.2, 0) is 14.8 Å². The lowest BCUT2D eigenvalue weighted by Gasteiger charge is -2.21. The predicted molar refractivity (Wildman–Crippen MR) is 97.2 cm³/mol. The van der Waals surface area contributed by atoms with E-state index in [1.165, 1.54) is 0 Å². The van der Waals surface area contributed by atoms with Gasteiger partial charge in [-0.1, -0.05) is 12.8 Å². The highest BCUT2D eigenvalue weighted by molar-refractivity contribution is 7.89. The fourth-order valence-electron chi connectivity index (χ4n) is 2.29. The zero-order valence-electron chi connectivity index (χ0n) is 15.4. The molecule has 0 spiro atoms. The smallest absolute Gasteiger partial charge is 0.244 e. The topological polar surface area (TPSA) is 101 Å². The largest absolute Gasteiger partial charge is 0.330 e. The molecule has 0 heterocycles. The minimum absolute atomic E-state index is 0.156. The SMILES string of the molecule is CC(C)(C)NS(=O)(=O)c1cc(NC(=O)CCCCCCN)c(F)cc1F. The minimum Gasteiger partial charge on any atom is -0.330 e. The molecule has 0 saturated carbocycles. The van der Waals surface area contributed by atoms with Crippen LogP contribution >= 0.6 is 0 Å². The van der Waals surface area contributed by atoms with Crippen molar-refractivity contribution >= 4 is 21.6 Å². The van der Waals surface area contributed by atoms with Crippen LogP contribution in [0.25, 0.3) is 0 Å². The molecule has 0 radical (unpaired) electrons. The van der Waals surface area contributed by atoms with E-state index in [0.29, 0.717) is 19.0 Å². The number of unbranched alkanes of at least 4 members (excludes halogenated alkanes) is 3. The molecule has 4 N–H and O–H groups in total. The molecule has 1 amide bonds. The Balaban J connectivity index is 2.89. The lowest BCUT2D eigenvalue weighted by molar-refractivity contribution is -0.116. The summed E-state index contributed by atoms with van der Waals surface area (Å²) in [6, 6.07) is 1.25. The summed E-state index contributed by atoms with van der Waals surface area (Å²) < 4.78 is 54.8. The first kappa shape index (κ1) is 22.5. The molecule has 0 unspecified atom stereocenters. The van der Waals surface area contributed by atoms with E-state index in [2.05, 4.69) is 10.0 Å². The monoisotopic (exact) mass is 391 g/mol. The minimum atomic E-state index is -4.21. The molecule has 1 rings (SSSR count). The third kappa shape index (κ3) is 7.35.